The SMILES string of the molecule is COc1ccc2nc3c(nc2c1)O[C@H]1CN(C(=O)[C@H](C2CCCCC2)NC(=O)O[C@@H]2CCC[C@H]2CCCCC3)[C@H](C(C)=O)[C@@H]1C. The van der Waals surface area contributed by atoms with Crippen molar-refractivity contribution in [3.8, 4) is 11.6 Å². The van der Waals surface area contributed by atoms with E-state index in [0.29, 0.717) is 29.5 Å². The Morgan fingerprint density at radius 2 is 1.62 bits per heavy atom. The number of ether oxygens (including phenoxy) is 3. The number of methoxy groups -OCH3 is 1. The molecular weight excluding hydrogens is 572 g/mol. The van der Waals surface area contributed by atoms with Gasteiger partial charge in [-0.2, -0.15) is 0 Å². The first-order valence-electron chi connectivity index (χ1n) is 17.1. The second-order valence-electron chi connectivity index (χ2n) is 13.6. The van der Waals surface area contributed by atoms with Gasteiger partial charge in [0, 0.05) is 12.0 Å². The zero-order valence-electron chi connectivity index (χ0n) is 27.0. The fourth-order valence-electron chi connectivity index (χ4n) is 8.19. The number of hydrogen-bond acceptors (Lipinski definition) is 8. The minimum atomic E-state index is -0.743. The monoisotopic (exact) mass is 620 g/mol. The number of aryl methyl sites for hydroxylation is 1. The Morgan fingerprint density at radius 1 is 0.889 bits per heavy atom. The van der Waals surface area contributed by atoms with Crippen LogP contribution >= 0.6 is 0 Å². The largest absolute Gasteiger partial charge is 0.497 e. The number of Topliss-reactive ketones (excluding diaryl/α,β-unsaturated/α-hetero) is 1. The molecule has 2 aromatic rings. The number of ketones is 1. The molecule has 6 atom stereocenters. The van der Waals surface area contributed by atoms with Gasteiger partial charge in [0.15, 0.2) is 5.78 Å². The van der Waals surface area contributed by atoms with Crippen molar-refractivity contribution in [3.63, 3.8) is 0 Å². The Labute approximate surface area is 266 Å². The number of benzene rings is 1. The van der Waals surface area contributed by atoms with Crippen LogP contribution in [0, 0.1) is 17.8 Å². The minimum Gasteiger partial charge on any atom is -0.497 e. The predicted molar refractivity (Wildman–Crippen MR) is 169 cm³/mol. The van der Waals surface area contributed by atoms with Crippen LogP contribution in [0.2, 0.25) is 0 Å². The van der Waals surface area contributed by atoms with Crippen LogP contribution in [0.5, 0.6) is 11.6 Å². The number of fused-ring (bicyclic) bond motifs is 5. The number of nitrogens with zero attached hydrogens (tertiary/aromatic N) is 3. The summed E-state index contributed by atoms with van der Waals surface area (Å²) in [6, 6.07) is 4.24. The Kier molecular flexibility index (Phi) is 9.75. The third kappa shape index (κ3) is 6.89. The molecule has 10 heteroatoms. The van der Waals surface area contributed by atoms with Crippen LogP contribution in [-0.2, 0) is 20.7 Å². The molecule has 0 spiro atoms. The smallest absolute Gasteiger partial charge is 0.408 e. The fraction of sp³-hybridized carbons (Fsp3) is 0.686. The van der Waals surface area contributed by atoms with Crippen LogP contribution in [0.4, 0.5) is 4.79 Å². The van der Waals surface area contributed by atoms with Crippen molar-refractivity contribution in [3.05, 3.63) is 23.9 Å². The maximum absolute atomic E-state index is 14.4. The Hall–Kier alpha value is -3.43. The summed E-state index contributed by atoms with van der Waals surface area (Å²) in [5.74, 6) is 0.866. The van der Waals surface area contributed by atoms with Gasteiger partial charge in [0.25, 0.3) is 0 Å². The molecule has 2 aliphatic carbocycles. The molecule has 4 aliphatic rings. The average molecular weight is 621 g/mol. The Morgan fingerprint density at radius 3 is 2.38 bits per heavy atom. The highest BCUT2D eigenvalue weighted by Crippen LogP contribution is 2.36. The van der Waals surface area contributed by atoms with Gasteiger partial charge in [0.1, 0.15) is 29.7 Å². The van der Waals surface area contributed by atoms with E-state index in [1.807, 2.05) is 25.1 Å². The van der Waals surface area contributed by atoms with Crippen molar-refractivity contribution < 1.29 is 28.6 Å². The van der Waals surface area contributed by atoms with Crippen LogP contribution in [0.3, 0.4) is 0 Å². The van der Waals surface area contributed by atoms with Gasteiger partial charge < -0.3 is 24.4 Å². The van der Waals surface area contributed by atoms with E-state index in [1.54, 1.807) is 12.0 Å². The first kappa shape index (κ1) is 31.5. The van der Waals surface area contributed by atoms with Crippen LogP contribution in [0.25, 0.3) is 11.0 Å². The number of amides is 2. The summed E-state index contributed by atoms with van der Waals surface area (Å²) in [6.07, 6.45) is 11.4. The summed E-state index contributed by atoms with van der Waals surface area (Å²) in [7, 11) is 1.62. The maximum Gasteiger partial charge on any atom is 0.408 e. The summed E-state index contributed by atoms with van der Waals surface area (Å²) in [6.45, 7) is 3.72. The molecule has 6 rings (SSSR count). The number of alkyl carbamates (subject to hydrolysis) is 1. The van der Waals surface area contributed by atoms with Gasteiger partial charge in [-0.15, -0.1) is 0 Å². The summed E-state index contributed by atoms with van der Waals surface area (Å²) in [4.78, 5) is 52.4. The molecule has 1 saturated heterocycles. The number of hydrogen-bond donors (Lipinski definition) is 1. The van der Waals surface area contributed by atoms with Gasteiger partial charge in [-0.05, 0) is 82.3 Å². The minimum absolute atomic E-state index is 0.000379. The molecule has 0 unspecified atom stereocenters. The van der Waals surface area contributed by atoms with Crippen molar-refractivity contribution in [2.24, 2.45) is 17.8 Å². The van der Waals surface area contributed by atoms with Gasteiger partial charge in [0.05, 0.1) is 30.7 Å². The second-order valence-corrected chi connectivity index (χ2v) is 13.6. The summed E-state index contributed by atoms with van der Waals surface area (Å²) in [5.41, 5.74) is 2.24. The predicted octanol–water partition coefficient (Wildman–Crippen LogP) is 5.78. The average Bonchev–Trinajstić information content (AvgIpc) is 3.62. The molecule has 244 valence electrons. The van der Waals surface area contributed by atoms with Crippen LogP contribution < -0.4 is 14.8 Å². The maximum atomic E-state index is 14.4. The highest BCUT2D eigenvalue weighted by Gasteiger charge is 2.48. The molecule has 3 fully saturated rings. The van der Waals surface area contributed by atoms with E-state index in [9.17, 15) is 14.4 Å². The second kappa shape index (κ2) is 13.9. The van der Waals surface area contributed by atoms with Crippen LogP contribution in [0.15, 0.2) is 18.2 Å². The zero-order chi connectivity index (χ0) is 31.5. The standard InChI is InChI=1S/C35H48N4O6/c1-21-30-20-39(32(21)22(2)40)34(41)31(24-12-7-4-8-13-24)38-35(42)45-29-16-10-14-23(29)11-6-5-9-15-27-33(44-30)37-28-19-25(43-3)17-18-26(28)36-27/h17-19,21,23-24,29-32H,4-16,20H2,1-3H3,(H,38,42)/t21-,23-,29-,30+,31+,32+/m1/s1. The van der Waals surface area contributed by atoms with E-state index in [2.05, 4.69) is 5.32 Å². The van der Waals surface area contributed by atoms with Gasteiger partial charge in [-0.1, -0.05) is 39.0 Å². The molecule has 2 aliphatic heterocycles. The Bertz CT molecular complexity index is 1390. The zero-order valence-corrected chi connectivity index (χ0v) is 27.0. The molecule has 10 nitrogen and oxygen atoms in total. The molecule has 45 heavy (non-hydrogen) atoms. The molecular formula is C35H48N4O6. The highest BCUT2D eigenvalue weighted by molar-refractivity contribution is 5.92. The molecule has 1 aromatic heterocycles. The molecule has 1 N–H and O–H groups in total. The van der Waals surface area contributed by atoms with Crippen molar-refractivity contribution in [2.45, 2.75) is 122 Å². The van der Waals surface area contributed by atoms with Crippen LogP contribution in [0.1, 0.15) is 96.6 Å². The number of carbonyl (C=O) groups excluding carboxylic acids is 3. The summed E-state index contributed by atoms with van der Waals surface area (Å²) in [5, 5.41) is 3.02. The molecule has 3 heterocycles. The van der Waals surface area contributed by atoms with E-state index in [4.69, 9.17) is 24.2 Å². The third-order valence-corrected chi connectivity index (χ3v) is 10.7. The lowest BCUT2D eigenvalue weighted by atomic mass is 9.83. The van der Waals surface area contributed by atoms with Crippen molar-refractivity contribution in [1.29, 1.82) is 0 Å². The van der Waals surface area contributed by atoms with Crippen LogP contribution in [-0.4, -0.2) is 70.6 Å². The molecule has 2 saturated carbocycles. The third-order valence-electron chi connectivity index (χ3n) is 10.7. The first-order valence-corrected chi connectivity index (χ1v) is 17.1. The highest BCUT2D eigenvalue weighted by atomic mass is 16.6. The van der Waals surface area contributed by atoms with Gasteiger partial charge in [-0.25, -0.2) is 14.8 Å². The fourth-order valence-corrected chi connectivity index (χ4v) is 8.19. The Balaban J connectivity index is 1.35. The lowest BCUT2D eigenvalue weighted by Crippen LogP contribution is -2.55. The van der Waals surface area contributed by atoms with Gasteiger partial charge >= 0.3 is 6.09 Å². The number of rotatable bonds is 3. The van der Waals surface area contributed by atoms with E-state index in [-0.39, 0.29) is 36.2 Å². The molecule has 2 amide bonds. The van der Waals surface area contributed by atoms with E-state index < -0.39 is 24.3 Å². The molecule has 1 aromatic carbocycles. The van der Waals surface area contributed by atoms with Crippen molar-refractivity contribution in [1.82, 2.24) is 20.2 Å². The molecule has 2 bridgehead atoms. The van der Waals surface area contributed by atoms with E-state index >= 15 is 0 Å². The van der Waals surface area contributed by atoms with E-state index in [1.165, 1.54) is 6.92 Å². The number of nitrogens with one attached hydrogen (secondary N) is 1. The lowest BCUT2D eigenvalue weighted by molar-refractivity contribution is -0.140. The van der Waals surface area contributed by atoms with E-state index in [0.717, 1.165) is 88.3 Å². The molecule has 0 radical (unpaired) electrons. The van der Waals surface area contributed by atoms with Crippen molar-refractivity contribution >= 4 is 28.8 Å². The topological polar surface area (TPSA) is 120 Å². The van der Waals surface area contributed by atoms with Gasteiger partial charge in [0.2, 0.25) is 11.8 Å². The summed E-state index contributed by atoms with van der Waals surface area (Å²) < 4.78 is 18.1. The normalized spacial score (nSPS) is 30.3. The lowest BCUT2D eigenvalue weighted by Gasteiger charge is -2.34. The van der Waals surface area contributed by atoms with Gasteiger partial charge in [-0.3, -0.25) is 9.59 Å². The summed E-state index contributed by atoms with van der Waals surface area (Å²) >= 11 is 0. The quantitative estimate of drug-likeness (QED) is 0.459. The number of aromatic nitrogens is 2. The van der Waals surface area contributed by atoms with Crippen molar-refractivity contribution in [2.75, 3.05) is 13.7 Å². The number of carbonyl (C=O) groups is 3. The first-order chi connectivity index (χ1) is 21.8.